The number of fused-ring (bicyclic) bond motifs is 1. The topological polar surface area (TPSA) is 55.8 Å². The normalized spacial score (nSPS) is 17.9. The molecule has 0 aromatic heterocycles. The molecule has 1 unspecified atom stereocenters. The molecule has 4 nitrogen and oxygen atoms in total. The first-order valence-electron chi connectivity index (χ1n) is 5.38. The standard InChI is InChI=1S/C13H14O4/c1-8-5-10-7-11(16-2)9(3-4-13(14)15)6-12(10)17-8/h3-4,6-8H,5H2,1-2H3,(H,14,15)/b4-3+. The summed E-state index contributed by atoms with van der Waals surface area (Å²) in [6, 6.07) is 3.72. The molecule has 1 aromatic carbocycles. The molecule has 4 heteroatoms. The second kappa shape index (κ2) is 4.49. The van der Waals surface area contributed by atoms with Gasteiger partial charge in [0.25, 0.3) is 0 Å². The zero-order chi connectivity index (χ0) is 12.4. The second-order valence-corrected chi connectivity index (χ2v) is 4.01. The number of carboxylic acid groups (broad SMARTS) is 1. The lowest BCUT2D eigenvalue weighted by atomic mass is 10.1. The summed E-state index contributed by atoms with van der Waals surface area (Å²) in [4.78, 5) is 10.5. The van der Waals surface area contributed by atoms with Crippen molar-refractivity contribution >= 4 is 12.0 Å². The van der Waals surface area contributed by atoms with Gasteiger partial charge in [-0.05, 0) is 25.1 Å². The maximum atomic E-state index is 10.5. The fraction of sp³-hybridized carbons (Fsp3) is 0.308. The monoisotopic (exact) mass is 234 g/mol. The quantitative estimate of drug-likeness (QED) is 0.814. The van der Waals surface area contributed by atoms with E-state index in [1.807, 2.05) is 19.1 Å². The molecule has 1 aromatic rings. The van der Waals surface area contributed by atoms with Gasteiger partial charge in [-0.15, -0.1) is 0 Å². The molecule has 17 heavy (non-hydrogen) atoms. The van der Waals surface area contributed by atoms with Crippen LogP contribution in [0.2, 0.25) is 0 Å². The Morgan fingerprint density at radius 1 is 1.59 bits per heavy atom. The van der Waals surface area contributed by atoms with E-state index in [-0.39, 0.29) is 6.10 Å². The summed E-state index contributed by atoms with van der Waals surface area (Å²) in [5.41, 5.74) is 1.81. The van der Waals surface area contributed by atoms with Crippen LogP contribution in [0.1, 0.15) is 18.1 Å². The molecule has 0 saturated heterocycles. The van der Waals surface area contributed by atoms with Crippen LogP contribution in [0.4, 0.5) is 0 Å². The highest BCUT2D eigenvalue weighted by Gasteiger charge is 2.20. The van der Waals surface area contributed by atoms with Crippen molar-refractivity contribution in [3.05, 3.63) is 29.3 Å². The average Bonchev–Trinajstić information content (AvgIpc) is 2.63. The molecule has 0 bridgehead atoms. The fourth-order valence-electron chi connectivity index (χ4n) is 1.92. The number of carboxylic acids is 1. The Morgan fingerprint density at radius 2 is 2.35 bits per heavy atom. The van der Waals surface area contributed by atoms with Gasteiger partial charge in [-0.25, -0.2) is 4.79 Å². The lowest BCUT2D eigenvalue weighted by Gasteiger charge is -2.07. The summed E-state index contributed by atoms with van der Waals surface area (Å²) >= 11 is 0. The van der Waals surface area contributed by atoms with Crippen molar-refractivity contribution in [2.75, 3.05) is 7.11 Å². The molecule has 1 aliphatic heterocycles. The lowest BCUT2D eigenvalue weighted by molar-refractivity contribution is -0.131. The molecule has 90 valence electrons. The van der Waals surface area contributed by atoms with Crippen LogP contribution in [-0.2, 0) is 11.2 Å². The van der Waals surface area contributed by atoms with Crippen LogP contribution in [0.3, 0.4) is 0 Å². The van der Waals surface area contributed by atoms with Crippen LogP contribution in [0.5, 0.6) is 11.5 Å². The van der Waals surface area contributed by atoms with Crippen molar-refractivity contribution in [1.82, 2.24) is 0 Å². The summed E-state index contributed by atoms with van der Waals surface area (Å²) in [7, 11) is 1.57. The molecule has 0 saturated carbocycles. The van der Waals surface area contributed by atoms with E-state index < -0.39 is 5.97 Å². The molecular formula is C13H14O4. The predicted molar refractivity (Wildman–Crippen MR) is 63.5 cm³/mol. The molecule has 0 aliphatic carbocycles. The molecule has 1 aliphatic rings. The van der Waals surface area contributed by atoms with Gasteiger partial charge in [-0.3, -0.25) is 0 Å². The molecular weight excluding hydrogens is 220 g/mol. The number of aliphatic carboxylic acids is 1. The van der Waals surface area contributed by atoms with Crippen molar-refractivity contribution in [2.45, 2.75) is 19.4 Å². The third kappa shape index (κ3) is 2.41. The first kappa shape index (κ1) is 11.5. The van der Waals surface area contributed by atoms with E-state index >= 15 is 0 Å². The Hall–Kier alpha value is -1.97. The highest BCUT2D eigenvalue weighted by Crippen LogP contribution is 2.35. The summed E-state index contributed by atoms with van der Waals surface area (Å²) in [5, 5.41) is 8.62. The van der Waals surface area contributed by atoms with Gasteiger partial charge < -0.3 is 14.6 Å². The zero-order valence-corrected chi connectivity index (χ0v) is 9.77. The third-order valence-electron chi connectivity index (χ3n) is 2.65. The number of carbonyl (C=O) groups is 1. The summed E-state index contributed by atoms with van der Waals surface area (Å²) in [6.07, 6.45) is 3.61. The number of hydrogen-bond donors (Lipinski definition) is 1. The van der Waals surface area contributed by atoms with Gasteiger partial charge in [0.1, 0.15) is 17.6 Å². The molecule has 2 rings (SSSR count). The predicted octanol–water partition coefficient (Wildman–Crippen LogP) is 2.12. The summed E-state index contributed by atoms with van der Waals surface area (Å²) in [5.74, 6) is 0.490. The lowest BCUT2D eigenvalue weighted by Crippen LogP contribution is -2.05. The molecule has 1 heterocycles. The van der Waals surface area contributed by atoms with E-state index in [0.717, 1.165) is 23.8 Å². The Balaban J connectivity index is 2.39. The Morgan fingerprint density at radius 3 is 3.00 bits per heavy atom. The average molecular weight is 234 g/mol. The van der Waals surface area contributed by atoms with Crippen LogP contribution in [0.25, 0.3) is 6.08 Å². The van der Waals surface area contributed by atoms with Crippen LogP contribution in [-0.4, -0.2) is 24.3 Å². The van der Waals surface area contributed by atoms with Crippen molar-refractivity contribution in [3.63, 3.8) is 0 Å². The van der Waals surface area contributed by atoms with E-state index in [9.17, 15) is 4.79 Å². The van der Waals surface area contributed by atoms with Gasteiger partial charge >= 0.3 is 5.97 Å². The summed E-state index contributed by atoms with van der Waals surface area (Å²) in [6.45, 7) is 2.00. The van der Waals surface area contributed by atoms with Gasteiger partial charge in [-0.1, -0.05) is 0 Å². The first-order valence-corrected chi connectivity index (χ1v) is 5.38. The van der Waals surface area contributed by atoms with Crippen molar-refractivity contribution in [1.29, 1.82) is 0 Å². The number of rotatable bonds is 3. The van der Waals surface area contributed by atoms with E-state index in [1.165, 1.54) is 6.08 Å². The molecule has 1 N–H and O–H groups in total. The Kier molecular flexibility index (Phi) is 3.04. The van der Waals surface area contributed by atoms with Gasteiger partial charge in [-0.2, -0.15) is 0 Å². The number of benzene rings is 1. The van der Waals surface area contributed by atoms with Crippen molar-refractivity contribution in [3.8, 4) is 11.5 Å². The maximum absolute atomic E-state index is 10.5. The van der Waals surface area contributed by atoms with Crippen LogP contribution in [0, 0.1) is 0 Å². The Labute approximate surface area is 99.5 Å². The Bertz CT molecular complexity index is 477. The fourth-order valence-corrected chi connectivity index (χ4v) is 1.92. The minimum atomic E-state index is -0.984. The molecule has 1 atom stereocenters. The first-order chi connectivity index (χ1) is 8.10. The largest absolute Gasteiger partial charge is 0.496 e. The van der Waals surface area contributed by atoms with Crippen LogP contribution < -0.4 is 9.47 Å². The SMILES string of the molecule is COc1cc2c(cc1/C=C/C(=O)O)OC(C)C2. The van der Waals surface area contributed by atoms with Crippen molar-refractivity contribution in [2.24, 2.45) is 0 Å². The molecule has 0 fully saturated rings. The van der Waals surface area contributed by atoms with Gasteiger partial charge in [0, 0.05) is 23.6 Å². The van der Waals surface area contributed by atoms with Crippen molar-refractivity contribution < 1.29 is 19.4 Å². The van der Waals surface area contributed by atoms with E-state index in [2.05, 4.69) is 0 Å². The smallest absolute Gasteiger partial charge is 0.328 e. The zero-order valence-electron chi connectivity index (χ0n) is 9.77. The number of methoxy groups -OCH3 is 1. The molecule has 0 amide bonds. The van der Waals surface area contributed by atoms with E-state index in [4.69, 9.17) is 14.6 Å². The van der Waals surface area contributed by atoms with Gasteiger partial charge in [0.2, 0.25) is 0 Å². The maximum Gasteiger partial charge on any atom is 0.328 e. The van der Waals surface area contributed by atoms with Gasteiger partial charge in [0.05, 0.1) is 7.11 Å². The second-order valence-electron chi connectivity index (χ2n) is 4.01. The number of ether oxygens (including phenoxy) is 2. The highest BCUT2D eigenvalue weighted by atomic mass is 16.5. The summed E-state index contributed by atoms with van der Waals surface area (Å²) < 4.78 is 10.9. The number of hydrogen-bond acceptors (Lipinski definition) is 3. The van der Waals surface area contributed by atoms with E-state index in [0.29, 0.717) is 11.3 Å². The molecule has 0 radical (unpaired) electrons. The minimum absolute atomic E-state index is 0.161. The van der Waals surface area contributed by atoms with Crippen LogP contribution >= 0.6 is 0 Å². The molecule has 0 spiro atoms. The van der Waals surface area contributed by atoms with Crippen LogP contribution in [0.15, 0.2) is 18.2 Å². The van der Waals surface area contributed by atoms with Gasteiger partial charge in [0.15, 0.2) is 0 Å². The minimum Gasteiger partial charge on any atom is -0.496 e. The highest BCUT2D eigenvalue weighted by molar-refractivity contribution is 5.86. The third-order valence-corrected chi connectivity index (χ3v) is 2.65. The van der Waals surface area contributed by atoms with E-state index in [1.54, 1.807) is 7.11 Å².